The number of hydrogen-bond donors (Lipinski definition) is 2. The smallest absolute Gasteiger partial charge is 0.228 e. The van der Waals surface area contributed by atoms with Crippen LogP contribution in [0.2, 0.25) is 0 Å². The minimum atomic E-state index is 0.159. The minimum Gasteiger partial charge on any atom is -0.295 e. The lowest BCUT2D eigenvalue weighted by Crippen LogP contribution is -2.24. The number of nitrogens with zero attached hydrogens (tertiary/aromatic N) is 2. The number of nitrogens with one attached hydrogen (secondary N) is 1. The molecule has 1 aromatic heterocycles. The van der Waals surface area contributed by atoms with Crippen molar-refractivity contribution in [3.05, 3.63) is 11.8 Å². The van der Waals surface area contributed by atoms with Gasteiger partial charge in [-0.25, -0.2) is 0 Å². The van der Waals surface area contributed by atoms with Crippen LogP contribution in [0, 0.1) is 5.92 Å². The first-order valence-electron chi connectivity index (χ1n) is 6.12. The summed E-state index contributed by atoms with van der Waals surface area (Å²) in [6, 6.07) is 1.99. The molecule has 1 aromatic rings. The van der Waals surface area contributed by atoms with E-state index in [0.717, 1.165) is 30.2 Å². The first-order chi connectivity index (χ1) is 8.15. The zero-order chi connectivity index (χ0) is 12.4. The van der Waals surface area contributed by atoms with Gasteiger partial charge in [-0.3, -0.25) is 14.8 Å². The molecular formula is C12H19N3OS. The lowest BCUT2D eigenvalue weighted by molar-refractivity contribution is -0.117. The second kappa shape index (κ2) is 5.12. The summed E-state index contributed by atoms with van der Waals surface area (Å²) in [5, 5.41) is 7.27. The molecule has 1 aliphatic heterocycles. The minimum absolute atomic E-state index is 0.159. The first kappa shape index (κ1) is 12.5. The van der Waals surface area contributed by atoms with E-state index < -0.39 is 0 Å². The number of aromatic amines is 1. The SMILES string of the molecule is CCC(C)c1cc(N2CC(CS)CC2=O)n[nH]1. The van der Waals surface area contributed by atoms with Crippen LogP contribution in [0.15, 0.2) is 6.07 Å². The molecular weight excluding hydrogens is 234 g/mol. The summed E-state index contributed by atoms with van der Waals surface area (Å²) in [4.78, 5) is 13.6. The molecule has 2 unspecified atom stereocenters. The highest BCUT2D eigenvalue weighted by atomic mass is 32.1. The van der Waals surface area contributed by atoms with E-state index in [1.54, 1.807) is 4.90 Å². The van der Waals surface area contributed by atoms with Crippen LogP contribution in [0.25, 0.3) is 0 Å². The van der Waals surface area contributed by atoms with E-state index >= 15 is 0 Å². The second-order valence-corrected chi connectivity index (χ2v) is 5.11. The van der Waals surface area contributed by atoms with Crippen molar-refractivity contribution in [2.75, 3.05) is 17.2 Å². The number of carbonyl (C=O) groups excluding carboxylic acids is 1. The molecule has 17 heavy (non-hydrogen) atoms. The van der Waals surface area contributed by atoms with E-state index in [0.29, 0.717) is 18.3 Å². The van der Waals surface area contributed by atoms with Gasteiger partial charge in [-0.1, -0.05) is 13.8 Å². The molecule has 4 nitrogen and oxygen atoms in total. The summed E-state index contributed by atoms with van der Waals surface area (Å²) < 4.78 is 0. The van der Waals surface area contributed by atoms with Gasteiger partial charge in [0, 0.05) is 24.7 Å². The maximum absolute atomic E-state index is 11.8. The zero-order valence-corrected chi connectivity index (χ0v) is 11.2. The highest BCUT2D eigenvalue weighted by molar-refractivity contribution is 7.80. The van der Waals surface area contributed by atoms with Crippen molar-refractivity contribution in [2.45, 2.75) is 32.6 Å². The first-order valence-corrected chi connectivity index (χ1v) is 6.75. The fourth-order valence-corrected chi connectivity index (χ4v) is 2.31. The summed E-state index contributed by atoms with van der Waals surface area (Å²) in [7, 11) is 0. The van der Waals surface area contributed by atoms with Crippen LogP contribution in [-0.4, -0.2) is 28.4 Å². The summed E-state index contributed by atoms with van der Waals surface area (Å²) in [5.74, 6) is 2.48. The summed E-state index contributed by atoms with van der Waals surface area (Å²) >= 11 is 4.26. The Bertz CT molecular complexity index is 404. The van der Waals surface area contributed by atoms with E-state index in [-0.39, 0.29) is 5.91 Å². The fourth-order valence-electron chi connectivity index (χ4n) is 2.06. The highest BCUT2D eigenvalue weighted by Crippen LogP contribution is 2.26. The third-order valence-corrected chi connectivity index (χ3v) is 3.98. The van der Waals surface area contributed by atoms with Crippen molar-refractivity contribution in [1.29, 1.82) is 0 Å². The third kappa shape index (κ3) is 2.49. The molecule has 2 heterocycles. The number of anilines is 1. The summed E-state index contributed by atoms with van der Waals surface area (Å²) in [6.07, 6.45) is 1.66. The second-order valence-electron chi connectivity index (χ2n) is 4.75. The molecule has 0 aromatic carbocycles. The quantitative estimate of drug-likeness (QED) is 0.808. The van der Waals surface area contributed by atoms with Crippen molar-refractivity contribution in [1.82, 2.24) is 10.2 Å². The Morgan fingerprint density at radius 1 is 1.71 bits per heavy atom. The van der Waals surface area contributed by atoms with Crippen molar-refractivity contribution in [2.24, 2.45) is 5.92 Å². The van der Waals surface area contributed by atoms with Crippen molar-refractivity contribution < 1.29 is 4.79 Å². The van der Waals surface area contributed by atoms with Gasteiger partial charge in [-0.15, -0.1) is 0 Å². The molecule has 0 spiro atoms. The van der Waals surface area contributed by atoms with E-state index in [4.69, 9.17) is 0 Å². The predicted octanol–water partition coefficient (Wildman–Crippen LogP) is 2.21. The fraction of sp³-hybridized carbons (Fsp3) is 0.667. The standard InChI is InChI=1S/C12H19N3OS/c1-3-8(2)10-5-11(14-13-10)15-6-9(7-17)4-12(15)16/h5,8-9,17H,3-4,6-7H2,1-2H3,(H,13,14). The summed E-state index contributed by atoms with van der Waals surface area (Å²) in [6.45, 7) is 5.04. The molecule has 2 rings (SSSR count). The van der Waals surface area contributed by atoms with Gasteiger partial charge in [0.15, 0.2) is 5.82 Å². The Hall–Kier alpha value is -0.970. The molecule has 0 radical (unpaired) electrons. The van der Waals surface area contributed by atoms with Gasteiger partial charge in [0.1, 0.15) is 0 Å². The topological polar surface area (TPSA) is 49.0 Å². The molecule has 1 fully saturated rings. The van der Waals surface area contributed by atoms with Gasteiger partial charge in [-0.2, -0.15) is 17.7 Å². The van der Waals surface area contributed by atoms with Gasteiger partial charge >= 0.3 is 0 Å². The van der Waals surface area contributed by atoms with Crippen LogP contribution in [0.5, 0.6) is 0 Å². The van der Waals surface area contributed by atoms with Crippen LogP contribution >= 0.6 is 12.6 Å². The van der Waals surface area contributed by atoms with E-state index in [9.17, 15) is 4.79 Å². The number of carbonyl (C=O) groups is 1. The Balaban J connectivity index is 2.12. The normalized spacial score (nSPS) is 22.2. The Kier molecular flexibility index (Phi) is 3.76. The summed E-state index contributed by atoms with van der Waals surface area (Å²) in [5.41, 5.74) is 1.10. The maximum Gasteiger partial charge on any atom is 0.228 e. The Labute approximate surface area is 107 Å². The molecule has 94 valence electrons. The molecule has 0 aliphatic carbocycles. The number of amides is 1. The highest BCUT2D eigenvalue weighted by Gasteiger charge is 2.31. The van der Waals surface area contributed by atoms with Gasteiger partial charge in [-0.05, 0) is 24.0 Å². The van der Waals surface area contributed by atoms with E-state index in [1.807, 2.05) is 6.07 Å². The van der Waals surface area contributed by atoms with Gasteiger partial charge < -0.3 is 0 Å². The van der Waals surface area contributed by atoms with Gasteiger partial charge in [0.2, 0.25) is 5.91 Å². The molecule has 1 amide bonds. The molecule has 0 bridgehead atoms. The molecule has 5 heteroatoms. The van der Waals surface area contributed by atoms with E-state index in [2.05, 4.69) is 36.7 Å². The molecule has 1 aliphatic rings. The number of rotatable bonds is 4. The zero-order valence-electron chi connectivity index (χ0n) is 10.3. The Morgan fingerprint density at radius 3 is 3.06 bits per heavy atom. The lowest BCUT2D eigenvalue weighted by Gasteiger charge is -2.12. The molecule has 1 N–H and O–H groups in total. The third-order valence-electron chi connectivity index (χ3n) is 3.47. The van der Waals surface area contributed by atoms with E-state index in [1.165, 1.54) is 0 Å². The average Bonchev–Trinajstić information content (AvgIpc) is 2.94. The van der Waals surface area contributed by atoms with Crippen LogP contribution in [0.4, 0.5) is 5.82 Å². The van der Waals surface area contributed by atoms with Crippen LogP contribution in [0.1, 0.15) is 38.3 Å². The molecule has 1 saturated heterocycles. The largest absolute Gasteiger partial charge is 0.295 e. The van der Waals surface area contributed by atoms with Gasteiger partial charge in [0.05, 0.1) is 0 Å². The van der Waals surface area contributed by atoms with Crippen LogP contribution in [-0.2, 0) is 4.79 Å². The van der Waals surface area contributed by atoms with Crippen LogP contribution < -0.4 is 4.90 Å². The van der Waals surface area contributed by atoms with Crippen LogP contribution in [0.3, 0.4) is 0 Å². The number of thiol groups is 1. The Morgan fingerprint density at radius 2 is 2.47 bits per heavy atom. The van der Waals surface area contributed by atoms with Crippen molar-refractivity contribution >= 4 is 24.4 Å². The number of H-pyrrole nitrogens is 1. The maximum atomic E-state index is 11.8. The number of hydrogen-bond acceptors (Lipinski definition) is 3. The van der Waals surface area contributed by atoms with Gasteiger partial charge in [0.25, 0.3) is 0 Å². The molecule has 2 atom stereocenters. The predicted molar refractivity (Wildman–Crippen MR) is 71.6 cm³/mol. The van der Waals surface area contributed by atoms with Crippen molar-refractivity contribution in [3.8, 4) is 0 Å². The average molecular weight is 253 g/mol. The lowest BCUT2D eigenvalue weighted by atomic mass is 10.1. The monoisotopic (exact) mass is 253 g/mol. The number of aromatic nitrogens is 2. The molecule has 0 saturated carbocycles. The van der Waals surface area contributed by atoms with Crippen molar-refractivity contribution in [3.63, 3.8) is 0 Å².